The fourth-order valence-corrected chi connectivity index (χ4v) is 2.78. The lowest BCUT2D eigenvalue weighted by Gasteiger charge is -2.16. The van der Waals surface area contributed by atoms with E-state index in [9.17, 15) is 4.79 Å². The Bertz CT molecular complexity index is 731. The van der Waals surface area contributed by atoms with Crippen LogP contribution in [-0.4, -0.2) is 52.3 Å². The first-order valence-electron chi connectivity index (χ1n) is 8.84. The minimum Gasteiger partial charge on any atom is -0.497 e. The van der Waals surface area contributed by atoms with Crippen molar-refractivity contribution in [2.45, 2.75) is 13.0 Å². The van der Waals surface area contributed by atoms with Crippen molar-refractivity contribution in [2.75, 3.05) is 41.5 Å². The average Bonchev–Trinajstić information content (AvgIpc) is 2.68. The highest BCUT2D eigenvalue weighted by Gasteiger charge is 2.08. The molecular weight excluding hydrogens is 344 g/mol. The number of carbonyl (C=O) groups excluding carboxylic acids is 1. The van der Waals surface area contributed by atoms with E-state index in [0.29, 0.717) is 31.1 Å². The third-order valence-electron chi connectivity index (χ3n) is 4.21. The minimum absolute atomic E-state index is 0.00601. The van der Waals surface area contributed by atoms with E-state index in [0.717, 1.165) is 23.3 Å². The van der Waals surface area contributed by atoms with Gasteiger partial charge in [-0.15, -0.1) is 0 Å². The average molecular weight is 372 g/mol. The normalized spacial score (nSPS) is 10.6. The maximum atomic E-state index is 12.1. The molecule has 0 spiro atoms. The third kappa shape index (κ3) is 6.49. The number of amides is 1. The molecule has 0 fully saturated rings. The zero-order chi connectivity index (χ0) is 19.6. The molecule has 2 rings (SSSR count). The van der Waals surface area contributed by atoms with E-state index in [1.54, 1.807) is 21.3 Å². The van der Waals surface area contributed by atoms with Crippen molar-refractivity contribution in [1.82, 2.24) is 10.2 Å². The van der Waals surface area contributed by atoms with Crippen LogP contribution in [0.2, 0.25) is 0 Å². The highest BCUT2D eigenvalue weighted by molar-refractivity contribution is 5.77. The summed E-state index contributed by atoms with van der Waals surface area (Å²) < 4.78 is 15.7. The summed E-state index contributed by atoms with van der Waals surface area (Å²) in [4.78, 5) is 14.1. The lowest BCUT2D eigenvalue weighted by molar-refractivity contribution is -0.122. The molecule has 6 nitrogen and oxygen atoms in total. The second-order valence-corrected chi connectivity index (χ2v) is 6.31. The van der Waals surface area contributed by atoms with Gasteiger partial charge in [-0.05, 0) is 48.9 Å². The number of rotatable bonds is 10. The molecule has 0 atom stereocenters. The van der Waals surface area contributed by atoms with Gasteiger partial charge in [-0.2, -0.15) is 0 Å². The van der Waals surface area contributed by atoms with Crippen LogP contribution in [-0.2, 0) is 17.8 Å². The van der Waals surface area contributed by atoms with Gasteiger partial charge in [-0.1, -0.05) is 18.2 Å². The lowest BCUT2D eigenvalue weighted by atomic mass is 10.1. The number of likely N-dealkylation sites (N-methyl/N-ethyl adjacent to an activating group) is 1. The van der Waals surface area contributed by atoms with Crippen molar-refractivity contribution in [2.24, 2.45) is 0 Å². The molecule has 1 N–H and O–H groups in total. The summed E-state index contributed by atoms with van der Waals surface area (Å²) in [6, 6.07) is 13.6. The Morgan fingerprint density at radius 1 is 0.926 bits per heavy atom. The van der Waals surface area contributed by atoms with Gasteiger partial charge in [0.05, 0.1) is 27.9 Å². The fraction of sp³-hybridized carbons (Fsp3) is 0.381. The molecule has 1 amide bonds. The van der Waals surface area contributed by atoms with Gasteiger partial charge in [0.2, 0.25) is 5.91 Å². The first-order valence-corrected chi connectivity index (χ1v) is 8.84. The summed E-state index contributed by atoms with van der Waals surface area (Å²) in [5, 5.41) is 2.96. The van der Waals surface area contributed by atoms with Crippen LogP contribution >= 0.6 is 0 Å². The van der Waals surface area contributed by atoms with Gasteiger partial charge in [0.1, 0.15) is 5.75 Å². The number of ether oxygens (including phenoxy) is 3. The second-order valence-electron chi connectivity index (χ2n) is 6.31. The Hall–Kier alpha value is -2.73. The molecule has 0 unspecified atom stereocenters. The van der Waals surface area contributed by atoms with Gasteiger partial charge < -0.3 is 19.5 Å². The molecule has 0 saturated carbocycles. The number of hydrogen-bond acceptors (Lipinski definition) is 5. The van der Waals surface area contributed by atoms with Crippen LogP contribution in [0.5, 0.6) is 17.2 Å². The number of benzene rings is 2. The molecular formula is C21H28N2O4. The number of hydrogen-bond donors (Lipinski definition) is 1. The van der Waals surface area contributed by atoms with Gasteiger partial charge in [0.15, 0.2) is 11.5 Å². The SMILES string of the molecule is COc1ccc(CN(C)CC(=O)NCCc2ccc(OC)c(OC)c2)cc1. The molecule has 0 aliphatic heterocycles. The number of nitrogens with zero attached hydrogens (tertiary/aromatic N) is 1. The molecule has 6 heteroatoms. The van der Waals surface area contributed by atoms with E-state index in [4.69, 9.17) is 14.2 Å². The minimum atomic E-state index is 0.00601. The van der Waals surface area contributed by atoms with E-state index >= 15 is 0 Å². The lowest BCUT2D eigenvalue weighted by Crippen LogP contribution is -2.35. The topological polar surface area (TPSA) is 60.0 Å². The van der Waals surface area contributed by atoms with E-state index in [2.05, 4.69) is 5.32 Å². The molecule has 0 aliphatic rings. The van der Waals surface area contributed by atoms with Crippen LogP contribution in [0, 0.1) is 0 Å². The quantitative estimate of drug-likeness (QED) is 0.694. The third-order valence-corrected chi connectivity index (χ3v) is 4.21. The van der Waals surface area contributed by atoms with Crippen LogP contribution in [0.3, 0.4) is 0 Å². The van der Waals surface area contributed by atoms with E-state index in [-0.39, 0.29) is 5.91 Å². The molecule has 146 valence electrons. The molecule has 2 aromatic carbocycles. The van der Waals surface area contributed by atoms with Crippen molar-refractivity contribution in [3.05, 3.63) is 53.6 Å². The van der Waals surface area contributed by atoms with Crippen molar-refractivity contribution in [3.8, 4) is 17.2 Å². The Labute approximate surface area is 161 Å². The van der Waals surface area contributed by atoms with Crippen LogP contribution in [0.15, 0.2) is 42.5 Å². The Balaban J connectivity index is 1.75. The maximum Gasteiger partial charge on any atom is 0.234 e. The number of carbonyl (C=O) groups is 1. The monoisotopic (exact) mass is 372 g/mol. The van der Waals surface area contributed by atoms with Crippen molar-refractivity contribution >= 4 is 5.91 Å². The van der Waals surface area contributed by atoms with Gasteiger partial charge >= 0.3 is 0 Å². The molecule has 0 aromatic heterocycles. The predicted molar refractivity (Wildman–Crippen MR) is 106 cm³/mol. The summed E-state index contributed by atoms with van der Waals surface area (Å²) in [6.45, 7) is 1.62. The van der Waals surface area contributed by atoms with Crippen LogP contribution in [0.1, 0.15) is 11.1 Å². The number of nitrogens with one attached hydrogen (secondary N) is 1. The molecule has 0 saturated heterocycles. The highest BCUT2D eigenvalue weighted by atomic mass is 16.5. The molecule has 0 aliphatic carbocycles. The van der Waals surface area contributed by atoms with Crippen molar-refractivity contribution in [3.63, 3.8) is 0 Å². The van der Waals surface area contributed by atoms with Gasteiger partial charge in [0, 0.05) is 13.1 Å². The highest BCUT2D eigenvalue weighted by Crippen LogP contribution is 2.27. The standard InChI is InChI=1S/C21H28N2O4/c1-23(14-17-5-8-18(25-2)9-6-17)15-21(24)22-12-11-16-7-10-19(26-3)20(13-16)27-4/h5-10,13H,11-12,14-15H2,1-4H3,(H,22,24). The predicted octanol–water partition coefficient (Wildman–Crippen LogP) is 2.50. The van der Waals surface area contributed by atoms with E-state index in [1.165, 1.54) is 0 Å². The van der Waals surface area contributed by atoms with Crippen LogP contribution in [0.4, 0.5) is 0 Å². The van der Waals surface area contributed by atoms with E-state index in [1.807, 2.05) is 54.4 Å². The molecule has 0 heterocycles. The first kappa shape index (κ1) is 20.6. The van der Waals surface area contributed by atoms with Gasteiger partial charge in [0.25, 0.3) is 0 Å². The van der Waals surface area contributed by atoms with Crippen LogP contribution in [0.25, 0.3) is 0 Å². The van der Waals surface area contributed by atoms with Crippen molar-refractivity contribution in [1.29, 1.82) is 0 Å². The second kappa shape index (κ2) is 10.4. The number of methoxy groups -OCH3 is 3. The summed E-state index contributed by atoms with van der Waals surface area (Å²) in [5.74, 6) is 2.23. The van der Waals surface area contributed by atoms with Gasteiger partial charge in [-0.3, -0.25) is 9.69 Å². The first-order chi connectivity index (χ1) is 13.0. The Kier molecular flexibility index (Phi) is 7.95. The Morgan fingerprint density at radius 3 is 2.22 bits per heavy atom. The van der Waals surface area contributed by atoms with E-state index < -0.39 is 0 Å². The summed E-state index contributed by atoms with van der Waals surface area (Å²) in [5.41, 5.74) is 2.22. The molecule has 0 radical (unpaired) electrons. The zero-order valence-corrected chi connectivity index (χ0v) is 16.5. The Morgan fingerprint density at radius 2 is 1.59 bits per heavy atom. The fourth-order valence-electron chi connectivity index (χ4n) is 2.78. The molecule has 2 aromatic rings. The van der Waals surface area contributed by atoms with Crippen molar-refractivity contribution < 1.29 is 19.0 Å². The molecule has 0 bridgehead atoms. The zero-order valence-electron chi connectivity index (χ0n) is 16.5. The summed E-state index contributed by atoms with van der Waals surface area (Å²) in [7, 11) is 6.80. The largest absolute Gasteiger partial charge is 0.497 e. The molecule has 27 heavy (non-hydrogen) atoms. The van der Waals surface area contributed by atoms with Gasteiger partial charge in [-0.25, -0.2) is 0 Å². The maximum absolute atomic E-state index is 12.1. The van der Waals surface area contributed by atoms with Crippen LogP contribution < -0.4 is 19.5 Å². The summed E-state index contributed by atoms with van der Waals surface area (Å²) in [6.07, 6.45) is 0.730. The smallest absolute Gasteiger partial charge is 0.234 e. The summed E-state index contributed by atoms with van der Waals surface area (Å²) >= 11 is 0.